The second kappa shape index (κ2) is 2.83. The Balaban J connectivity index is 2.85. The molecule has 0 bridgehead atoms. The van der Waals surface area contributed by atoms with Gasteiger partial charge >= 0.3 is 0 Å². The second-order valence-corrected chi connectivity index (χ2v) is 1.48. The number of amides is 1. The normalized spacial score (nSPS) is 8.90. The number of carbonyl (C=O) groups excluding carboxylic acids is 1. The van der Waals surface area contributed by atoms with Gasteiger partial charge in [-0.3, -0.25) is 10.2 Å². The van der Waals surface area contributed by atoms with Gasteiger partial charge in [0.25, 0.3) is 5.91 Å². The van der Waals surface area contributed by atoms with Gasteiger partial charge in [0.15, 0.2) is 5.69 Å². The van der Waals surface area contributed by atoms with E-state index >= 15 is 0 Å². The molecule has 52 valence electrons. The summed E-state index contributed by atoms with van der Waals surface area (Å²) in [4.78, 5) is 10.6. The van der Waals surface area contributed by atoms with E-state index in [4.69, 9.17) is 5.84 Å². The summed E-state index contributed by atoms with van der Waals surface area (Å²) < 4.78 is 0. The molecule has 10 heavy (non-hydrogen) atoms. The van der Waals surface area contributed by atoms with Crippen molar-refractivity contribution in [3.05, 3.63) is 18.0 Å². The van der Waals surface area contributed by atoms with Crippen molar-refractivity contribution in [2.24, 2.45) is 5.84 Å². The SMILES string of the molecule is NNC(=O)c1ccnnn1. The van der Waals surface area contributed by atoms with Crippen molar-refractivity contribution in [2.75, 3.05) is 0 Å². The fraction of sp³-hybridized carbons (Fsp3) is 0. The molecule has 0 aromatic carbocycles. The maximum atomic E-state index is 10.6. The summed E-state index contributed by atoms with van der Waals surface area (Å²) in [6.45, 7) is 0. The molecule has 1 rings (SSSR count). The Kier molecular flexibility index (Phi) is 1.86. The van der Waals surface area contributed by atoms with Crippen LogP contribution >= 0.6 is 0 Å². The topological polar surface area (TPSA) is 93.8 Å². The maximum absolute atomic E-state index is 10.6. The lowest BCUT2D eigenvalue weighted by Crippen LogP contribution is -2.30. The van der Waals surface area contributed by atoms with Crippen LogP contribution in [-0.4, -0.2) is 21.3 Å². The molecule has 1 amide bonds. The van der Waals surface area contributed by atoms with Crippen molar-refractivity contribution in [1.82, 2.24) is 20.8 Å². The van der Waals surface area contributed by atoms with Crippen molar-refractivity contribution < 1.29 is 4.79 Å². The van der Waals surface area contributed by atoms with Gasteiger partial charge in [-0.05, 0) is 11.3 Å². The van der Waals surface area contributed by atoms with Crippen LogP contribution in [0.5, 0.6) is 0 Å². The molecule has 1 heterocycles. The van der Waals surface area contributed by atoms with Crippen LogP contribution in [0, 0.1) is 0 Å². The lowest BCUT2D eigenvalue weighted by molar-refractivity contribution is 0.0947. The fourth-order valence-electron chi connectivity index (χ4n) is 0.436. The van der Waals surface area contributed by atoms with E-state index in [-0.39, 0.29) is 5.69 Å². The van der Waals surface area contributed by atoms with Gasteiger partial charge in [-0.2, -0.15) is 0 Å². The summed E-state index contributed by atoms with van der Waals surface area (Å²) in [6, 6.07) is 1.41. The predicted octanol–water partition coefficient (Wildman–Crippen LogP) is -1.52. The van der Waals surface area contributed by atoms with Gasteiger partial charge in [0.2, 0.25) is 0 Å². The number of rotatable bonds is 1. The maximum Gasteiger partial charge on any atom is 0.285 e. The van der Waals surface area contributed by atoms with Crippen molar-refractivity contribution >= 4 is 5.91 Å². The molecule has 1 aromatic rings. The van der Waals surface area contributed by atoms with E-state index in [0.29, 0.717) is 0 Å². The van der Waals surface area contributed by atoms with Gasteiger partial charge in [-0.25, -0.2) is 5.84 Å². The molecule has 0 saturated carbocycles. The number of hydrazine groups is 1. The molecule has 1 aromatic heterocycles. The highest BCUT2D eigenvalue weighted by atomic mass is 16.2. The minimum absolute atomic E-state index is 0.150. The van der Waals surface area contributed by atoms with Crippen LogP contribution < -0.4 is 11.3 Å². The molecular weight excluding hydrogens is 134 g/mol. The van der Waals surface area contributed by atoms with Gasteiger partial charge in [0.1, 0.15) is 0 Å². The molecule has 0 atom stereocenters. The number of carbonyl (C=O) groups is 1. The first-order chi connectivity index (χ1) is 4.84. The molecule has 6 heteroatoms. The van der Waals surface area contributed by atoms with Gasteiger partial charge in [-0.15, -0.1) is 10.2 Å². The fourth-order valence-corrected chi connectivity index (χ4v) is 0.436. The minimum Gasteiger partial charge on any atom is -0.289 e. The monoisotopic (exact) mass is 139 g/mol. The Morgan fingerprint density at radius 2 is 2.50 bits per heavy atom. The molecule has 3 N–H and O–H groups in total. The number of hydrogen-bond acceptors (Lipinski definition) is 5. The summed E-state index contributed by atoms with van der Waals surface area (Å²) in [6.07, 6.45) is 1.36. The Morgan fingerprint density at radius 3 is 3.00 bits per heavy atom. The molecule has 0 fully saturated rings. The predicted molar refractivity (Wildman–Crippen MR) is 31.5 cm³/mol. The smallest absolute Gasteiger partial charge is 0.285 e. The summed E-state index contributed by atoms with van der Waals surface area (Å²) in [7, 11) is 0. The number of nitrogen functional groups attached to an aromatic ring is 1. The second-order valence-electron chi connectivity index (χ2n) is 1.48. The third-order valence-electron chi connectivity index (χ3n) is 0.867. The number of aromatic nitrogens is 3. The van der Waals surface area contributed by atoms with Crippen LogP contribution in [-0.2, 0) is 0 Å². The highest BCUT2D eigenvalue weighted by Gasteiger charge is 2.02. The molecule has 0 saturated heterocycles. The molecule has 0 spiro atoms. The number of nitrogens with one attached hydrogen (secondary N) is 1. The summed E-state index contributed by atoms with van der Waals surface area (Å²) in [5.41, 5.74) is 2.06. The Morgan fingerprint density at radius 1 is 1.70 bits per heavy atom. The van der Waals surface area contributed by atoms with Crippen LogP contribution in [0.3, 0.4) is 0 Å². The van der Waals surface area contributed by atoms with E-state index in [1.165, 1.54) is 12.3 Å². The molecule has 0 unspecified atom stereocenters. The molecule has 0 aliphatic rings. The van der Waals surface area contributed by atoms with E-state index < -0.39 is 5.91 Å². The zero-order valence-electron chi connectivity index (χ0n) is 4.98. The van der Waals surface area contributed by atoms with Crippen LogP contribution in [0.1, 0.15) is 10.5 Å². The van der Waals surface area contributed by atoms with E-state index in [1.807, 2.05) is 5.43 Å². The highest BCUT2D eigenvalue weighted by Crippen LogP contribution is 1.85. The first kappa shape index (κ1) is 6.56. The van der Waals surface area contributed by atoms with Crippen LogP contribution in [0.25, 0.3) is 0 Å². The molecule has 0 aliphatic heterocycles. The molecule has 0 aliphatic carbocycles. The average Bonchev–Trinajstić information content (AvgIpc) is 2.05. The van der Waals surface area contributed by atoms with Gasteiger partial charge in [0, 0.05) is 0 Å². The van der Waals surface area contributed by atoms with Gasteiger partial charge in [0.05, 0.1) is 6.20 Å². The van der Waals surface area contributed by atoms with E-state index in [1.54, 1.807) is 0 Å². The lowest BCUT2D eigenvalue weighted by atomic mass is 10.4. The lowest BCUT2D eigenvalue weighted by Gasteiger charge is -1.93. The summed E-state index contributed by atoms with van der Waals surface area (Å²) >= 11 is 0. The zero-order chi connectivity index (χ0) is 7.40. The van der Waals surface area contributed by atoms with Crippen molar-refractivity contribution in [1.29, 1.82) is 0 Å². The molecular formula is C4H5N5O. The third-order valence-corrected chi connectivity index (χ3v) is 0.867. The minimum atomic E-state index is -0.477. The molecule has 6 nitrogen and oxygen atoms in total. The average molecular weight is 139 g/mol. The third kappa shape index (κ3) is 1.23. The number of nitrogens with zero attached hydrogens (tertiary/aromatic N) is 3. The van der Waals surface area contributed by atoms with Gasteiger partial charge < -0.3 is 0 Å². The number of nitrogens with two attached hydrogens (primary N) is 1. The highest BCUT2D eigenvalue weighted by molar-refractivity contribution is 5.91. The summed E-state index contributed by atoms with van der Waals surface area (Å²) in [5.74, 6) is 4.34. The quantitative estimate of drug-likeness (QED) is 0.280. The zero-order valence-corrected chi connectivity index (χ0v) is 4.98. The Bertz CT molecular complexity index is 222. The van der Waals surface area contributed by atoms with Gasteiger partial charge in [-0.1, -0.05) is 0 Å². The largest absolute Gasteiger partial charge is 0.289 e. The Labute approximate surface area is 56.4 Å². The standard InChI is InChI=1S/C4H5N5O/c5-7-4(10)3-1-2-6-9-8-3/h1-2H,5H2,(H,7,10). The summed E-state index contributed by atoms with van der Waals surface area (Å²) in [5, 5.41) is 10.0. The van der Waals surface area contributed by atoms with Crippen molar-refractivity contribution in [2.45, 2.75) is 0 Å². The van der Waals surface area contributed by atoms with E-state index in [0.717, 1.165) is 0 Å². The number of hydrogen-bond donors (Lipinski definition) is 2. The van der Waals surface area contributed by atoms with Crippen LogP contribution in [0.4, 0.5) is 0 Å². The molecule has 0 radical (unpaired) electrons. The van der Waals surface area contributed by atoms with Crippen LogP contribution in [0.2, 0.25) is 0 Å². The van der Waals surface area contributed by atoms with Crippen molar-refractivity contribution in [3.8, 4) is 0 Å². The van der Waals surface area contributed by atoms with E-state index in [2.05, 4.69) is 15.4 Å². The van der Waals surface area contributed by atoms with Crippen LogP contribution in [0.15, 0.2) is 12.3 Å². The van der Waals surface area contributed by atoms with E-state index in [9.17, 15) is 4.79 Å². The van der Waals surface area contributed by atoms with Crippen molar-refractivity contribution in [3.63, 3.8) is 0 Å². The Hall–Kier alpha value is -1.56. The first-order valence-corrected chi connectivity index (χ1v) is 2.50. The first-order valence-electron chi connectivity index (χ1n) is 2.50.